The second-order valence-electron chi connectivity index (χ2n) is 5.14. The van der Waals surface area contributed by atoms with Gasteiger partial charge in [0.1, 0.15) is 5.75 Å². The van der Waals surface area contributed by atoms with Gasteiger partial charge in [-0.15, -0.1) is 0 Å². The fourth-order valence-electron chi connectivity index (χ4n) is 2.28. The number of rotatable bonds is 6. The van der Waals surface area contributed by atoms with Gasteiger partial charge in [0.2, 0.25) is 0 Å². The van der Waals surface area contributed by atoms with Crippen LogP contribution in [0.3, 0.4) is 0 Å². The summed E-state index contributed by atoms with van der Waals surface area (Å²) in [7, 11) is 1.68. The topological polar surface area (TPSA) is 53.1 Å². The highest BCUT2D eigenvalue weighted by atomic mass is 16.5. The summed E-state index contributed by atoms with van der Waals surface area (Å²) in [5, 5.41) is 0. The second-order valence-corrected chi connectivity index (χ2v) is 5.14. The van der Waals surface area contributed by atoms with Crippen LogP contribution < -0.4 is 10.5 Å². The van der Waals surface area contributed by atoms with Crippen molar-refractivity contribution in [2.45, 2.75) is 39.3 Å². The van der Waals surface area contributed by atoms with Crippen molar-refractivity contribution in [1.29, 1.82) is 0 Å². The zero-order valence-corrected chi connectivity index (χ0v) is 12.5. The lowest BCUT2D eigenvalue weighted by Crippen LogP contribution is -2.23. The van der Waals surface area contributed by atoms with Crippen LogP contribution in [0.25, 0.3) is 0 Å². The maximum absolute atomic E-state index is 6.05. The molecule has 0 saturated heterocycles. The molecule has 0 bridgehead atoms. The van der Waals surface area contributed by atoms with Crippen LogP contribution in [-0.2, 0) is 13.0 Å². The monoisotopic (exact) mass is 273 g/mol. The van der Waals surface area contributed by atoms with Crippen molar-refractivity contribution in [2.75, 3.05) is 7.11 Å². The Labute approximate surface area is 120 Å². The van der Waals surface area contributed by atoms with Crippen LogP contribution in [0.2, 0.25) is 0 Å². The lowest BCUT2D eigenvalue weighted by Gasteiger charge is -2.13. The highest BCUT2D eigenvalue weighted by Gasteiger charge is 2.08. The summed E-state index contributed by atoms with van der Waals surface area (Å²) >= 11 is 0. The molecule has 1 unspecified atom stereocenters. The van der Waals surface area contributed by atoms with Crippen molar-refractivity contribution < 1.29 is 4.74 Å². The summed E-state index contributed by atoms with van der Waals surface area (Å²) in [6, 6.07) is 8.32. The van der Waals surface area contributed by atoms with Gasteiger partial charge in [-0.1, -0.05) is 6.92 Å². The van der Waals surface area contributed by atoms with Gasteiger partial charge in [0, 0.05) is 42.2 Å². The molecule has 0 fully saturated rings. The molecule has 0 aromatic carbocycles. The highest BCUT2D eigenvalue weighted by molar-refractivity contribution is 5.27. The van der Waals surface area contributed by atoms with Gasteiger partial charge in [-0.2, -0.15) is 0 Å². The molecule has 0 aliphatic carbocycles. The first-order valence-corrected chi connectivity index (χ1v) is 7.03. The van der Waals surface area contributed by atoms with Crippen molar-refractivity contribution in [3.8, 4) is 5.75 Å². The van der Waals surface area contributed by atoms with E-state index in [1.165, 1.54) is 5.69 Å². The minimum absolute atomic E-state index is 0.212. The van der Waals surface area contributed by atoms with Crippen LogP contribution in [0.1, 0.15) is 30.4 Å². The van der Waals surface area contributed by atoms with Crippen molar-refractivity contribution in [3.05, 3.63) is 47.5 Å². The van der Waals surface area contributed by atoms with E-state index in [-0.39, 0.29) is 6.04 Å². The summed E-state index contributed by atoms with van der Waals surface area (Å²) in [6.07, 6.45) is 3.96. The van der Waals surface area contributed by atoms with Crippen LogP contribution in [0.15, 0.2) is 30.5 Å². The molecular weight excluding hydrogens is 250 g/mol. The molecule has 2 rings (SSSR count). The summed E-state index contributed by atoms with van der Waals surface area (Å²) in [4.78, 5) is 4.57. The quantitative estimate of drug-likeness (QED) is 0.880. The standard InChI is InChI=1S/C16H23N3O/c1-4-13(17)9-15-6-5-7-19(15)11-14-10-16(20-3)8-12(2)18-14/h5-8,10,13H,4,9,11,17H2,1-3H3. The molecule has 0 saturated carbocycles. The molecule has 108 valence electrons. The van der Waals surface area contributed by atoms with Crippen LogP contribution in [0.4, 0.5) is 0 Å². The van der Waals surface area contributed by atoms with Gasteiger partial charge in [-0.3, -0.25) is 4.98 Å². The molecule has 0 aliphatic rings. The Balaban J connectivity index is 2.18. The van der Waals surface area contributed by atoms with E-state index in [1.807, 2.05) is 19.1 Å². The number of hydrogen-bond acceptors (Lipinski definition) is 3. The van der Waals surface area contributed by atoms with Crippen molar-refractivity contribution in [1.82, 2.24) is 9.55 Å². The van der Waals surface area contributed by atoms with E-state index in [2.05, 4.69) is 34.8 Å². The van der Waals surface area contributed by atoms with E-state index in [1.54, 1.807) is 7.11 Å². The molecule has 0 spiro atoms. The Hall–Kier alpha value is -1.81. The van der Waals surface area contributed by atoms with Gasteiger partial charge in [0.15, 0.2) is 0 Å². The first-order chi connectivity index (χ1) is 9.62. The number of hydrogen-bond donors (Lipinski definition) is 1. The molecule has 2 heterocycles. The normalized spacial score (nSPS) is 12.4. The molecule has 2 aromatic rings. The molecule has 1 atom stereocenters. The van der Waals surface area contributed by atoms with Crippen molar-refractivity contribution in [2.24, 2.45) is 5.73 Å². The van der Waals surface area contributed by atoms with E-state index in [0.29, 0.717) is 0 Å². The van der Waals surface area contributed by atoms with Crippen molar-refractivity contribution >= 4 is 0 Å². The second kappa shape index (κ2) is 6.57. The lowest BCUT2D eigenvalue weighted by atomic mass is 10.1. The minimum Gasteiger partial charge on any atom is -0.497 e. The van der Waals surface area contributed by atoms with E-state index < -0.39 is 0 Å². The predicted octanol–water partition coefficient (Wildman–Crippen LogP) is 2.53. The fraction of sp³-hybridized carbons (Fsp3) is 0.438. The number of ether oxygens (including phenoxy) is 1. The van der Waals surface area contributed by atoms with Crippen LogP contribution in [-0.4, -0.2) is 22.7 Å². The largest absolute Gasteiger partial charge is 0.497 e. The Bertz CT molecular complexity index is 563. The molecule has 0 aliphatic heterocycles. The Kier molecular flexibility index (Phi) is 4.79. The Morgan fingerprint density at radius 1 is 1.40 bits per heavy atom. The number of methoxy groups -OCH3 is 1. The third-order valence-electron chi connectivity index (χ3n) is 3.47. The lowest BCUT2D eigenvalue weighted by molar-refractivity contribution is 0.412. The maximum atomic E-state index is 6.05. The molecule has 0 amide bonds. The molecule has 2 aromatic heterocycles. The van der Waals surface area contributed by atoms with Gasteiger partial charge in [0.05, 0.1) is 19.3 Å². The smallest absolute Gasteiger partial charge is 0.122 e. The Morgan fingerprint density at radius 3 is 2.90 bits per heavy atom. The van der Waals surface area contributed by atoms with Crippen LogP contribution in [0.5, 0.6) is 5.75 Å². The first kappa shape index (κ1) is 14.6. The van der Waals surface area contributed by atoms with Gasteiger partial charge in [-0.25, -0.2) is 0 Å². The summed E-state index contributed by atoms with van der Waals surface area (Å²) in [6.45, 7) is 4.84. The van der Waals surface area contributed by atoms with Gasteiger partial charge in [-0.05, 0) is 25.5 Å². The molecule has 4 heteroatoms. The SMILES string of the molecule is CCC(N)Cc1cccn1Cc1cc(OC)cc(C)n1. The first-order valence-electron chi connectivity index (χ1n) is 7.03. The van der Waals surface area contributed by atoms with E-state index in [9.17, 15) is 0 Å². The van der Waals surface area contributed by atoms with E-state index in [4.69, 9.17) is 10.5 Å². The number of aryl methyl sites for hydroxylation is 1. The predicted molar refractivity (Wildman–Crippen MR) is 81.0 cm³/mol. The van der Waals surface area contributed by atoms with E-state index in [0.717, 1.165) is 36.5 Å². The average Bonchev–Trinajstić information content (AvgIpc) is 2.85. The molecular formula is C16H23N3O. The number of nitrogens with two attached hydrogens (primary N) is 1. The van der Waals surface area contributed by atoms with Crippen molar-refractivity contribution in [3.63, 3.8) is 0 Å². The Morgan fingerprint density at radius 2 is 2.20 bits per heavy atom. The third-order valence-corrected chi connectivity index (χ3v) is 3.47. The maximum Gasteiger partial charge on any atom is 0.122 e. The molecule has 0 radical (unpaired) electrons. The number of nitrogens with zero attached hydrogens (tertiary/aromatic N) is 2. The highest BCUT2D eigenvalue weighted by Crippen LogP contribution is 2.16. The summed E-state index contributed by atoms with van der Waals surface area (Å²) in [5.74, 6) is 0.853. The average molecular weight is 273 g/mol. The zero-order chi connectivity index (χ0) is 14.5. The van der Waals surface area contributed by atoms with E-state index >= 15 is 0 Å². The van der Waals surface area contributed by atoms with Gasteiger partial charge in [0.25, 0.3) is 0 Å². The molecule has 4 nitrogen and oxygen atoms in total. The van der Waals surface area contributed by atoms with Crippen LogP contribution in [0, 0.1) is 6.92 Å². The number of pyridine rings is 1. The van der Waals surface area contributed by atoms with Crippen LogP contribution >= 0.6 is 0 Å². The summed E-state index contributed by atoms with van der Waals surface area (Å²) < 4.78 is 7.50. The zero-order valence-electron chi connectivity index (χ0n) is 12.5. The van der Waals surface area contributed by atoms with Gasteiger partial charge < -0.3 is 15.0 Å². The minimum atomic E-state index is 0.212. The molecule has 2 N–H and O–H groups in total. The van der Waals surface area contributed by atoms with Gasteiger partial charge >= 0.3 is 0 Å². The third kappa shape index (κ3) is 3.61. The fourth-order valence-corrected chi connectivity index (χ4v) is 2.28. The molecule has 20 heavy (non-hydrogen) atoms. The number of aromatic nitrogens is 2. The summed E-state index contributed by atoms with van der Waals surface area (Å²) in [5.41, 5.74) is 9.27.